The molecule has 3 rings (SSSR count). The van der Waals surface area contributed by atoms with E-state index in [4.69, 9.17) is 21.1 Å². The molecule has 10 heteroatoms. The molecule has 1 unspecified atom stereocenters. The van der Waals surface area contributed by atoms with E-state index in [1.54, 1.807) is 31.3 Å². The molecule has 0 saturated heterocycles. The number of carbonyl (C=O) groups is 3. The topological polar surface area (TPSA) is 124 Å². The number of nitrogens with one attached hydrogen (secondary N) is 1. The minimum Gasteiger partial charge on any atom is -0.491 e. The second-order valence-electron chi connectivity index (χ2n) is 14.6. The molecule has 0 aliphatic heterocycles. The number of ketones is 1. The summed E-state index contributed by atoms with van der Waals surface area (Å²) < 4.78 is 13.7. The van der Waals surface area contributed by atoms with Crippen LogP contribution in [-0.2, 0) is 9.53 Å². The molecule has 53 heavy (non-hydrogen) atoms. The summed E-state index contributed by atoms with van der Waals surface area (Å²) in [7, 11) is 0. The quantitative estimate of drug-likeness (QED) is 0.0690. The Morgan fingerprint density at radius 3 is 1.98 bits per heavy atom. The number of pyridine rings is 1. The first-order valence-corrected chi connectivity index (χ1v) is 19.7. The average molecular weight is 751 g/mol. The highest BCUT2D eigenvalue weighted by atomic mass is 35.5. The maximum absolute atomic E-state index is 14.0. The van der Waals surface area contributed by atoms with Crippen molar-refractivity contribution >= 4 is 34.9 Å². The van der Waals surface area contributed by atoms with E-state index in [1.165, 1.54) is 92.7 Å². The summed E-state index contributed by atoms with van der Waals surface area (Å²) in [6.45, 7) is 10.3. The number of aromatic nitrogens is 1. The Kier molecular flexibility index (Phi) is 18.3. The number of ether oxygens (including phenoxy) is 2. The van der Waals surface area contributed by atoms with E-state index in [0.29, 0.717) is 39.8 Å². The van der Waals surface area contributed by atoms with Crippen LogP contribution in [0, 0.1) is 0 Å². The molecule has 0 aliphatic rings. The van der Waals surface area contributed by atoms with Gasteiger partial charge in [0.1, 0.15) is 11.8 Å². The normalized spacial score (nSPS) is 12.0. The van der Waals surface area contributed by atoms with E-state index >= 15 is 0 Å². The summed E-state index contributed by atoms with van der Waals surface area (Å²) >= 11 is 6.43. The number of anilines is 1. The summed E-state index contributed by atoms with van der Waals surface area (Å²) in [5, 5.41) is 12.5. The molecule has 1 amide bonds. The molecular formula is C43H59ClN2O7. The molecule has 1 heterocycles. The van der Waals surface area contributed by atoms with Crippen LogP contribution in [-0.4, -0.2) is 46.1 Å². The first-order chi connectivity index (χ1) is 25.3. The first kappa shape index (κ1) is 43.5. The second-order valence-corrected chi connectivity index (χ2v) is 15.1. The zero-order chi connectivity index (χ0) is 38.8. The van der Waals surface area contributed by atoms with E-state index < -0.39 is 29.1 Å². The van der Waals surface area contributed by atoms with Crippen molar-refractivity contribution in [1.29, 1.82) is 0 Å². The van der Waals surface area contributed by atoms with Gasteiger partial charge < -0.3 is 19.9 Å². The van der Waals surface area contributed by atoms with Crippen molar-refractivity contribution in [2.45, 2.75) is 136 Å². The van der Waals surface area contributed by atoms with E-state index in [1.807, 2.05) is 20.8 Å². The number of hydrogen-bond acceptors (Lipinski definition) is 6. The fraction of sp³-hybridized carbons (Fsp3) is 0.535. The Labute approximate surface area is 320 Å². The molecule has 3 aromatic rings. The summed E-state index contributed by atoms with van der Waals surface area (Å²) in [5.74, 6) is -1.29. The predicted molar refractivity (Wildman–Crippen MR) is 214 cm³/mol. The summed E-state index contributed by atoms with van der Waals surface area (Å²) in [6, 6.07) is 11.2. The number of rotatable bonds is 24. The summed E-state index contributed by atoms with van der Waals surface area (Å²) in [6.07, 6.45) is 16.5. The number of carboxylic acid groups (broad SMARTS) is 1. The minimum absolute atomic E-state index is 0.0850. The van der Waals surface area contributed by atoms with Crippen LogP contribution >= 0.6 is 11.6 Å². The fourth-order valence-electron chi connectivity index (χ4n) is 6.19. The number of halogens is 1. The molecule has 0 aliphatic carbocycles. The standard InChI is InChI=1S/C43H59ClN2O7/c1-6-8-9-10-11-12-13-14-15-16-17-18-26-52-39-30-46(40(48)29-36(39)35-28-32(44)21-24-34(35)38(47)7-2)37(25-27-53-43(3,4)5)41(49)45-33-22-19-31(20-23-33)42(50)51/h19-24,28-30,37H,6-18,25-27H2,1-5H3,(H,45,49)(H,50,51). The Bertz CT molecular complexity index is 1680. The van der Waals surface area contributed by atoms with E-state index in [9.17, 15) is 24.3 Å². The number of hydrogen-bond donors (Lipinski definition) is 2. The molecule has 0 bridgehead atoms. The van der Waals surface area contributed by atoms with E-state index in [-0.39, 0.29) is 30.8 Å². The van der Waals surface area contributed by atoms with Gasteiger partial charge in [0.2, 0.25) is 5.91 Å². The zero-order valence-electron chi connectivity index (χ0n) is 32.3. The molecule has 1 aromatic heterocycles. The number of carboxylic acids is 1. The lowest BCUT2D eigenvalue weighted by Gasteiger charge is -2.25. The third kappa shape index (κ3) is 14.8. The lowest BCUT2D eigenvalue weighted by molar-refractivity contribution is -0.120. The first-order valence-electron chi connectivity index (χ1n) is 19.3. The van der Waals surface area contributed by atoms with Crippen LogP contribution in [0.25, 0.3) is 11.1 Å². The number of carbonyl (C=O) groups excluding carboxylic acids is 2. The van der Waals surface area contributed by atoms with Crippen LogP contribution in [0.2, 0.25) is 5.02 Å². The Balaban J connectivity index is 1.88. The van der Waals surface area contributed by atoms with Gasteiger partial charge in [0.25, 0.3) is 5.56 Å². The number of nitrogens with zero attached hydrogens (tertiary/aromatic N) is 1. The van der Waals surface area contributed by atoms with Gasteiger partial charge in [-0.25, -0.2) is 4.79 Å². The van der Waals surface area contributed by atoms with Gasteiger partial charge in [-0.3, -0.25) is 19.0 Å². The summed E-state index contributed by atoms with van der Waals surface area (Å²) in [5.41, 5.74) is 0.887. The van der Waals surface area contributed by atoms with Crippen molar-refractivity contribution in [2.75, 3.05) is 18.5 Å². The van der Waals surface area contributed by atoms with Gasteiger partial charge in [-0.05, 0) is 75.2 Å². The molecule has 1 atom stereocenters. The van der Waals surface area contributed by atoms with Crippen LogP contribution in [0.4, 0.5) is 5.69 Å². The molecule has 0 spiro atoms. The highest BCUT2D eigenvalue weighted by molar-refractivity contribution is 6.31. The van der Waals surface area contributed by atoms with Crippen molar-refractivity contribution in [2.24, 2.45) is 0 Å². The van der Waals surface area contributed by atoms with E-state index in [2.05, 4.69) is 12.2 Å². The van der Waals surface area contributed by atoms with Crippen molar-refractivity contribution in [1.82, 2.24) is 4.57 Å². The van der Waals surface area contributed by atoms with Gasteiger partial charge in [0.05, 0.1) is 24.0 Å². The molecular weight excluding hydrogens is 692 g/mol. The van der Waals surface area contributed by atoms with Crippen molar-refractivity contribution < 1.29 is 29.0 Å². The molecule has 0 fully saturated rings. The van der Waals surface area contributed by atoms with Gasteiger partial charge in [0, 0.05) is 47.4 Å². The Hall–Kier alpha value is -3.95. The lowest BCUT2D eigenvalue weighted by Crippen LogP contribution is -2.34. The smallest absolute Gasteiger partial charge is 0.335 e. The lowest BCUT2D eigenvalue weighted by atomic mass is 9.96. The van der Waals surface area contributed by atoms with Crippen LogP contribution in [0.3, 0.4) is 0 Å². The summed E-state index contributed by atoms with van der Waals surface area (Å²) in [4.78, 5) is 52.2. The monoisotopic (exact) mass is 750 g/mol. The maximum Gasteiger partial charge on any atom is 0.335 e. The van der Waals surface area contributed by atoms with Crippen molar-refractivity contribution in [3.63, 3.8) is 0 Å². The van der Waals surface area contributed by atoms with Gasteiger partial charge in [0.15, 0.2) is 5.78 Å². The largest absolute Gasteiger partial charge is 0.491 e. The molecule has 9 nitrogen and oxygen atoms in total. The maximum atomic E-state index is 14.0. The van der Waals surface area contributed by atoms with Crippen LogP contribution in [0.5, 0.6) is 5.75 Å². The highest BCUT2D eigenvalue weighted by Gasteiger charge is 2.26. The Morgan fingerprint density at radius 1 is 0.811 bits per heavy atom. The zero-order valence-corrected chi connectivity index (χ0v) is 33.1. The van der Waals surface area contributed by atoms with Gasteiger partial charge >= 0.3 is 5.97 Å². The molecule has 2 N–H and O–H groups in total. The molecule has 0 saturated carbocycles. The SMILES string of the molecule is CCCCCCCCCCCCCCOc1cn(C(CCOC(C)(C)C)C(=O)Nc2ccc(C(=O)O)cc2)c(=O)cc1-c1cc(Cl)ccc1C(=O)CC. The fourth-order valence-corrected chi connectivity index (χ4v) is 6.36. The number of amides is 1. The molecule has 0 radical (unpaired) electrons. The van der Waals surface area contributed by atoms with Crippen molar-refractivity contribution in [3.05, 3.63) is 81.2 Å². The molecule has 2 aromatic carbocycles. The number of benzene rings is 2. The highest BCUT2D eigenvalue weighted by Crippen LogP contribution is 2.35. The van der Waals surface area contributed by atoms with Gasteiger partial charge in [-0.15, -0.1) is 0 Å². The van der Waals surface area contributed by atoms with Gasteiger partial charge in [-0.2, -0.15) is 0 Å². The van der Waals surface area contributed by atoms with E-state index in [0.717, 1.165) is 19.3 Å². The molecule has 290 valence electrons. The number of Topliss-reactive ketones (excluding diaryl/α,β-unsaturated/α-hetero) is 1. The Morgan fingerprint density at radius 2 is 1.42 bits per heavy atom. The van der Waals surface area contributed by atoms with Crippen LogP contribution in [0.1, 0.15) is 151 Å². The second kappa shape index (κ2) is 22.3. The third-order valence-electron chi connectivity index (χ3n) is 9.16. The average Bonchev–Trinajstić information content (AvgIpc) is 3.12. The number of unbranched alkanes of at least 4 members (excludes halogenated alkanes) is 11. The van der Waals surface area contributed by atoms with Gasteiger partial charge in [-0.1, -0.05) is 96.1 Å². The van der Waals surface area contributed by atoms with Crippen LogP contribution in [0.15, 0.2) is 59.5 Å². The minimum atomic E-state index is -1.08. The third-order valence-corrected chi connectivity index (χ3v) is 9.39. The van der Waals surface area contributed by atoms with Crippen molar-refractivity contribution in [3.8, 4) is 16.9 Å². The number of aromatic carboxylic acids is 1. The predicted octanol–water partition coefficient (Wildman–Crippen LogP) is 10.9. The van der Waals surface area contributed by atoms with Crippen LogP contribution < -0.4 is 15.6 Å².